The zero-order chi connectivity index (χ0) is 10.7. The number of ether oxygens (including phenoxy) is 1. The molecule has 2 nitrogen and oxygen atoms in total. The van der Waals surface area contributed by atoms with Crippen molar-refractivity contribution >= 4 is 18.6 Å². The third kappa shape index (κ3) is 4.03. The number of rotatable bonds is 4. The molecule has 0 heterocycles. The third-order valence-electron chi connectivity index (χ3n) is 2.32. The van der Waals surface area contributed by atoms with E-state index in [2.05, 4.69) is 19.6 Å². The van der Waals surface area contributed by atoms with Crippen LogP contribution in [-0.2, 0) is 9.53 Å². The normalized spacial score (nSPS) is 16.5. The number of methoxy groups -OCH3 is 1. The van der Waals surface area contributed by atoms with Crippen LogP contribution in [0.15, 0.2) is 0 Å². The van der Waals surface area contributed by atoms with E-state index in [0.29, 0.717) is 0 Å². The summed E-state index contributed by atoms with van der Waals surface area (Å²) in [6, 6.07) is 0. The van der Waals surface area contributed by atoms with E-state index in [0.717, 1.165) is 12.8 Å². The van der Waals surface area contributed by atoms with Gasteiger partial charge in [-0.3, -0.25) is 4.79 Å². The molecule has 0 N–H and O–H groups in total. The Kier molecular flexibility index (Phi) is 4.30. The van der Waals surface area contributed by atoms with Gasteiger partial charge in [0, 0.05) is 4.75 Å². The number of hydrogen-bond donors (Lipinski definition) is 1. The van der Waals surface area contributed by atoms with Crippen LogP contribution in [-0.4, -0.2) is 17.8 Å². The Balaban J connectivity index is 4.41. The molecule has 0 aliphatic heterocycles. The molecule has 0 aromatic heterocycles. The zero-order valence-electron chi connectivity index (χ0n) is 9.18. The topological polar surface area (TPSA) is 26.3 Å². The SMILES string of the molecule is CCC(C)(S)CC(C)(C)C(=O)OC. The van der Waals surface area contributed by atoms with Gasteiger partial charge in [-0.05, 0) is 26.7 Å². The minimum absolute atomic E-state index is 0.0995. The third-order valence-corrected chi connectivity index (χ3v) is 2.80. The van der Waals surface area contributed by atoms with Crippen LogP contribution in [0, 0.1) is 5.41 Å². The van der Waals surface area contributed by atoms with Gasteiger partial charge in [0.25, 0.3) is 0 Å². The highest BCUT2D eigenvalue weighted by atomic mass is 32.1. The summed E-state index contributed by atoms with van der Waals surface area (Å²) < 4.78 is 4.63. The Bertz CT molecular complexity index is 185. The van der Waals surface area contributed by atoms with Crippen molar-refractivity contribution in [1.29, 1.82) is 0 Å². The van der Waals surface area contributed by atoms with Crippen LogP contribution in [0.25, 0.3) is 0 Å². The number of carbonyl (C=O) groups is 1. The quantitative estimate of drug-likeness (QED) is 0.563. The first-order valence-corrected chi connectivity index (χ1v) is 5.01. The highest BCUT2D eigenvalue weighted by molar-refractivity contribution is 7.81. The van der Waals surface area contributed by atoms with Gasteiger partial charge in [-0.15, -0.1) is 0 Å². The van der Waals surface area contributed by atoms with Crippen LogP contribution < -0.4 is 0 Å². The predicted octanol–water partition coefficient (Wildman–Crippen LogP) is 2.67. The second kappa shape index (κ2) is 4.36. The van der Waals surface area contributed by atoms with E-state index in [1.807, 2.05) is 20.8 Å². The van der Waals surface area contributed by atoms with E-state index in [9.17, 15) is 4.79 Å². The fourth-order valence-electron chi connectivity index (χ4n) is 1.43. The van der Waals surface area contributed by atoms with Crippen LogP contribution in [0.5, 0.6) is 0 Å². The summed E-state index contributed by atoms with van der Waals surface area (Å²) in [7, 11) is 1.42. The van der Waals surface area contributed by atoms with Crippen molar-refractivity contribution in [2.24, 2.45) is 5.41 Å². The van der Waals surface area contributed by atoms with Gasteiger partial charge in [0.1, 0.15) is 0 Å². The highest BCUT2D eigenvalue weighted by Gasteiger charge is 2.35. The largest absolute Gasteiger partial charge is 0.469 e. The lowest BCUT2D eigenvalue weighted by Crippen LogP contribution is -2.33. The lowest BCUT2D eigenvalue weighted by Gasteiger charge is -2.31. The minimum Gasteiger partial charge on any atom is -0.469 e. The molecule has 0 saturated carbocycles. The van der Waals surface area contributed by atoms with E-state index in [4.69, 9.17) is 4.74 Å². The highest BCUT2D eigenvalue weighted by Crippen LogP contribution is 2.34. The zero-order valence-corrected chi connectivity index (χ0v) is 10.1. The summed E-state index contributed by atoms with van der Waals surface area (Å²) in [5.74, 6) is -0.166. The molecular formula is C10H20O2S. The Morgan fingerprint density at radius 1 is 1.38 bits per heavy atom. The van der Waals surface area contributed by atoms with Gasteiger partial charge in [0.05, 0.1) is 12.5 Å². The first-order valence-electron chi connectivity index (χ1n) is 4.56. The van der Waals surface area contributed by atoms with Crippen LogP contribution in [0.4, 0.5) is 0 Å². The number of hydrogen-bond acceptors (Lipinski definition) is 3. The summed E-state index contributed by atoms with van der Waals surface area (Å²) in [6.07, 6.45) is 1.67. The van der Waals surface area contributed by atoms with Gasteiger partial charge in [-0.1, -0.05) is 13.8 Å². The molecule has 13 heavy (non-hydrogen) atoms. The smallest absolute Gasteiger partial charge is 0.311 e. The molecule has 0 bridgehead atoms. The Hall–Kier alpha value is -0.180. The maximum absolute atomic E-state index is 11.4. The molecule has 1 unspecified atom stereocenters. The van der Waals surface area contributed by atoms with E-state index in [1.165, 1.54) is 7.11 Å². The van der Waals surface area contributed by atoms with Crippen LogP contribution in [0.3, 0.4) is 0 Å². The Morgan fingerprint density at radius 2 is 1.85 bits per heavy atom. The van der Waals surface area contributed by atoms with Crippen LogP contribution >= 0.6 is 12.6 Å². The molecule has 0 aliphatic carbocycles. The standard InChI is InChI=1S/C10H20O2S/c1-6-10(4,13)7-9(2,3)8(11)12-5/h13H,6-7H2,1-5H3. The van der Waals surface area contributed by atoms with Gasteiger partial charge in [-0.25, -0.2) is 0 Å². The first-order chi connectivity index (χ1) is 5.75. The molecule has 3 heteroatoms. The minimum atomic E-state index is -0.443. The molecule has 0 rings (SSSR count). The van der Waals surface area contributed by atoms with Gasteiger partial charge >= 0.3 is 5.97 Å². The van der Waals surface area contributed by atoms with Gasteiger partial charge in [0.2, 0.25) is 0 Å². The van der Waals surface area contributed by atoms with E-state index >= 15 is 0 Å². The van der Waals surface area contributed by atoms with E-state index in [1.54, 1.807) is 0 Å². The number of carbonyl (C=O) groups excluding carboxylic acids is 1. The summed E-state index contributed by atoms with van der Waals surface area (Å²) >= 11 is 4.51. The summed E-state index contributed by atoms with van der Waals surface area (Å²) in [5, 5.41) is 0. The molecule has 0 saturated heterocycles. The second-order valence-electron chi connectivity index (χ2n) is 4.40. The van der Waals surface area contributed by atoms with Crippen molar-refractivity contribution < 1.29 is 9.53 Å². The monoisotopic (exact) mass is 204 g/mol. The van der Waals surface area contributed by atoms with Crippen LogP contribution in [0.2, 0.25) is 0 Å². The number of esters is 1. The van der Waals surface area contributed by atoms with Gasteiger partial charge < -0.3 is 4.74 Å². The molecule has 78 valence electrons. The number of thiol groups is 1. The fraction of sp³-hybridized carbons (Fsp3) is 0.900. The lowest BCUT2D eigenvalue weighted by atomic mass is 9.82. The second-order valence-corrected chi connectivity index (χ2v) is 5.48. The molecular weight excluding hydrogens is 184 g/mol. The van der Waals surface area contributed by atoms with Crippen LogP contribution in [0.1, 0.15) is 40.5 Å². The van der Waals surface area contributed by atoms with Crippen molar-refractivity contribution in [3.8, 4) is 0 Å². The average molecular weight is 204 g/mol. The Morgan fingerprint density at radius 3 is 2.15 bits per heavy atom. The molecule has 0 fully saturated rings. The fourth-order valence-corrected chi connectivity index (χ4v) is 1.82. The summed E-state index contributed by atoms with van der Waals surface area (Å²) in [5.41, 5.74) is -0.443. The Labute approximate surface area is 86.5 Å². The maximum atomic E-state index is 11.4. The molecule has 1 atom stereocenters. The van der Waals surface area contributed by atoms with E-state index < -0.39 is 5.41 Å². The molecule has 0 spiro atoms. The molecule has 0 aromatic rings. The van der Waals surface area contributed by atoms with Gasteiger partial charge in [-0.2, -0.15) is 12.6 Å². The lowest BCUT2D eigenvalue weighted by molar-refractivity contribution is -0.151. The summed E-state index contributed by atoms with van der Waals surface area (Å²) in [6.45, 7) is 7.90. The maximum Gasteiger partial charge on any atom is 0.311 e. The molecule has 0 aromatic carbocycles. The van der Waals surface area contributed by atoms with E-state index in [-0.39, 0.29) is 10.7 Å². The molecule has 0 amide bonds. The van der Waals surface area contributed by atoms with Crippen molar-refractivity contribution in [2.45, 2.75) is 45.3 Å². The van der Waals surface area contributed by atoms with Crippen molar-refractivity contribution in [1.82, 2.24) is 0 Å². The van der Waals surface area contributed by atoms with Crippen molar-refractivity contribution in [2.75, 3.05) is 7.11 Å². The van der Waals surface area contributed by atoms with Crippen molar-refractivity contribution in [3.05, 3.63) is 0 Å². The first kappa shape index (κ1) is 12.8. The molecule has 0 aliphatic rings. The average Bonchev–Trinajstić information content (AvgIpc) is 2.01. The molecule has 0 radical (unpaired) electrons. The predicted molar refractivity (Wildman–Crippen MR) is 58.1 cm³/mol. The van der Waals surface area contributed by atoms with Crippen molar-refractivity contribution in [3.63, 3.8) is 0 Å². The van der Waals surface area contributed by atoms with Gasteiger partial charge in [0.15, 0.2) is 0 Å². The summed E-state index contributed by atoms with van der Waals surface area (Å²) in [4.78, 5) is 11.4.